The quantitative estimate of drug-likeness (QED) is 0.114. The van der Waals surface area contributed by atoms with Gasteiger partial charge in [-0.25, -0.2) is 19.0 Å². The summed E-state index contributed by atoms with van der Waals surface area (Å²) >= 11 is 0. The Labute approximate surface area is 398 Å². The Bertz CT molecular complexity index is 2690. The van der Waals surface area contributed by atoms with Crippen molar-refractivity contribution in [3.8, 4) is 34.2 Å². The number of amides is 3. The number of nitriles is 1. The molecule has 350 valence electrons. The molecule has 2 fully saturated rings. The zero-order chi connectivity index (χ0) is 48.5. The fourth-order valence-corrected chi connectivity index (χ4v) is 9.14. The van der Waals surface area contributed by atoms with E-state index >= 15 is 0 Å². The van der Waals surface area contributed by atoms with Crippen molar-refractivity contribution in [3.63, 3.8) is 0 Å². The highest BCUT2D eigenvalue weighted by molar-refractivity contribution is 5.74. The third-order valence-corrected chi connectivity index (χ3v) is 13.1. The lowest BCUT2D eigenvalue weighted by Gasteiger charge is -2.45. The maximum Gasteiger partial charge on any atom is 0.411 e. The molecule has 0 radical (unpaired) electrons. The summed E-state index contributed by atoms with van der Waals surface area (Å²) in [4.78, 5) is 45.6. The van der Waals surface area contributed by atoms with Gasteiger partial charge in [-0.2, -0.15) is 5.26 Å². The van der Waals surface area contributed by atoms with Gasteiger partial charge in [0, 0.05) is 63.0 Å². The van der Waals surface area contributed by atoms with E-state index in [2.05, 4.69) is 11.1 Å². The van der Waals surface area contributed by atoms with Gasteiger partial charge in [0.1, 0.15) is 17.0 Å². The largest absolute Gasteiger partial charge is 0.481 e. The van der Waals surface area contributed by atoms with Gasteiger partial charge in [-0.05, 0) is 84.8 Å². The number of rotatable bonds is 14. The molecular weight excluding hydrogens is 858 g/mol. The molecule has 6 aromatic rings. The van der Waals surface area contributed by atoms with E-state index in [1.54, 1.807) is 35.2 Å². The summed E-state index contributed by atoms with van der Waals surface area (Å²) in [6.45, 7) is 8.77. The molecule has 12 heteroatoms. The van der Waals surface area contributed by atoms with Crippen LogP contribution in [0.2, 0.25) is 0 Å². The lowest BCUT2D eigenvalue weighted by Crippen LogP contribution is -2.50. The van der Waals surface area contributed by atoms with Crippen molar-refractivity contribution >= 4 is 18.1 Å². The fourth-order valence-electron chi connectivity index (χ4n) is 9.14. The van der Waals surface area contributed by atoms with Crippen LogP contribution in [-0.2, 0) is 25.5 Å². The van der Waals surface area contributed by atoms with Crippen LogP contribution in [0, 0.1) is 22.6 Å². The van der Waals surface area contributed by atoms with Gasteiger partial charge in [0.2, 0.25) is 11.8 Å². The van der Waals surface area contributed by atoms with Gasteiger partial charge in [0.15, 0.2) is 0 Å². The van der Waals surface area contributed by atoms with Gasteiger partial charge in [-0.1, -0.05) is 121 Å². The number of primary amides is 1. The number of carbonyl (C=O) groups excluding carboxylic acids is 3. The van der Waals surface area contributed by atoms with E-state index in [0.29, 0.717) is 44.7 Å². The van der Waals surface area contributed by atoms with Crippen molar-refractivity contribution in [3.05, 3.63) is 180 Å². The molecule has 8 rings (SSSR count). The Balaban J connectivity index is 0.000000201. The third-order valence-electron chi connectivity index (χ3n) is 13.1. The van der Waals surface area contributed by atoms with Crippen molar-refractivity contribution in [2.75, 3.05) is 20.2 Å². The van der Waals surface area contributed by atoms with Gasteiger partial charge in [-0.3, -0.25) is 4.79 Å². The first-order valence-corrected chi connectivity index (χ1v) is 22.9. The van der Waals surface area contributed by atoms with Gasteiger partial charge >= 0.3 is 12.2 Å². The van der Waals surface area contributed by atoms with Crippen molar-refractivity contribution < 1.29 is 33.0 Å². The molecule has 2 aliphatic heterocycles. The van der Waals surface area contributed by atoms with E-state index in [4.69, 9.17) is 19.9 Å². The number of benzene rings is 5. The zero-order valence-electron chi connectivity index (χ0n) is 39.2. The highest BCUT2D eigenvalue weighted by Crippen LogP contribution is 2.45. The maximum atomic E-state index is 13.3. The number of aromatic nitrogens is 1. The van der Waals surface area contributed by atoms with Crippen LogP contribution in [0.25, 0.3) is 22.3 Å². The monoisotopic (exact) mass is 915 g/mol. The predicted octanol–water partition coefficient (Wildman–Crippen LogP) is 12.1. The summed E-state index contributed by atoms with van der Waals surface area (Å²) in [5, 5.41) is 9.64. The Kier molecular flexibility index (Phi) is 14.9. The number of halogens is 1. The van der Waals surface area contributed by atoms with Gasteiger partial charge in [-0.15, -0.1) is 0 Å². The molecule has 3 amide bonds. The second-order valence-corrected chi connectivity index (χ2v) is 18.2. The molecule has 3 heterocycles. The molecule has 4 atom stereocenters. The second-order valence-electron chi connectivity index (χ2n) is 18.2. The minimum Gasteiger partial charge on any atom is -0.481 e. The zero-order valence-corrected chi connectivity index (χ0v) is 39.2. The van der Waals surface area contributed by atoms with E-state index in [-0.39, 0.29) is 30.4 Å². The number of hydrogen-bond donors (Lipinski definition) is 1. The van der Waals surface area contributed by atoms with Gasteiger partial charge < -0.3 is 29.7 Å². The van der Waals surface area contributed by atoms with E-state index in [1.807, 2.05) is 149 Å². The molecular formula is C56H58FN5O6. The molecule has 4 unspecified atom stereocenters. The van der Waals surface area contributed by atoms with Crippen LogP contribution in [-0.4, -0.2) is 53.1 Å². The SMILES string of the molecule is CC(c1ccc(-c2ccc(F)cc2)cc1)N1CCC(CC(C)(C)C#N)(c2ccccc2)OC1=O.COc1ccc(-c2ccc(C(C)N3CCC(CCC(N)=O)(c4ccccc4)OC3=O)cc2)cn1. The third kappa shape index (κ3) is 11.2. The minimum absolute atomic E-state index is 0.152. The van der Waals surface area contributed by atoms with Gasteiger partial charge in [0.25, 0.3) is 0 Å². The van der Waals surface area contributed by atoms with Crippen LogP contribution in [0.5, 0.6) is 5.88 Å². The van der Waals surface area contributed by atoms with Crippen molar-refractivity contribution in [2.45, 2.75) is 83.1 Å². The lowest BCUT2D eigenvalue weighted by molar-refractivity contribution is -0.121. The normalized spacial score (nSPS) is 19.0. The van der Waals surface area contributed by atoms with Crippen LogP contribution in [0.4, 0.5) is 14.0 Å². The molecule has 2 saturated heterocycles. The number of carbonyl (C=O) groups is 3. The summed E-state index contributed by atoms with van der Waals surface area (Å²) < 4.78 is 30.5. The number of methoxy groups -OCH3 is 1. The molecule has 5 aromatic carbocycles. The number of nitrogens with zero attached hydrogens (tertiary/aromatic N) is 4. The standard InChI is InChI=1S/C29H29FN2O2.C27H29N3O4/c1-21(22-9-11-23(12-10-22)24-13-15-26(30)16-14-24)32-18-17-29(34-27(32)33,19-28(2,3)20-31)25-7-5-4-6-8-25;1-19(20-8-10-21(11-9-20)22-12-13-25(33-2)29-18-22)30-17-16-27(34-26(30)32,15-14-24(28)31)23-6-4-3-5-7-23/h4-16,21H,17-19H2,1-3H3;3-13,18-19H,14-17H2,1-2H3,(H2,28,31). The molecule has 11 nitrogen and oxygen atoms in total. The topological polar surface area (TPSA) is 148 Å². The van der Waals surface area contributed by atoms with Crippen LogP contribution >= 0.6 is 0 Å². The molecule has 0 spiro atoms. The van der Waals surface area contributed by atoms with Crippen LogP contribution < -0.4 is 10.5 Å². The summed E-state index contributed by atoms with van der Waals surface area (Å²) in [5.74, 6) is -0.100. The Morgan fingerprint density at radius 2 is 1.16 bits per heavy atom. The number of ether oxygens (including phenoxy) is 3. The predicted molar refractivity (Wildman–Crippen MR) is 259 cm³/mol. The first-order chi connectivity index (χ1) is 32.6. The molecule has 2 aliphatic rings. The molecule has 1 aromatic heterocycles. The number of nitrogens with two attached hydrogens (primary N) is 1. The average Bonchev–Trinajstić information content (AvgIpc) is 3.36. The molecule has 2 N–H and O–H groups in total. The first-order valence-electron chi connectivity index (χ1n) is 22.9. The summed E-state index contributed by atoms with van der Waals surface area (Å²) in [6.07, 6.45) is 3.14. The average molecular weight is 916 g/mol. The molecule has 0 saturated carbocycles. The smallest absolute Gasteiger partial charge is 0.411 e. The van der Waals surface area contributed by atoms with Crippen molar-refractivity contribution in [1.82, 2.24) is 14.8 Å². The maximum absolute atomic E-state index is 13.3. The number of cyclic esters (lactones) is 2. The van der Waals surface area contributed by atoms with E-state index < -0.39 is 28.6 Å². The van der Waals surface area contributed by atoms with Gasteiger partial charge in [0.05, 0.1) is 30.7 Å². The highest BCUT2D eigenvalue weighted by atomic mass is 19.1. The van der Waals surface area contributed by atoms with Crippen molar-refractivity contribution in [1.29, 1.82) is 5.26 Å². The first kappa shape index (κ1) is 48.4. The summed E-state index contributed by atoms with van der Waals surface area (Å²) in [6, 6.07) is 47.5. The lowest BCUT2D eigenvalue weighted by atomic mass is 9.75. The summed E-state index contributed by atoms with van der Waals surface area (Å²) in [7, 11) is 1.59. The number of hydrogen-bond acceptors (Lipinski definition) is 8. The minimum atomic E-state index is -0.852. The molecule has 0 bridgehead atoms. The van der Waals surface area contributed by atoms with Crippen molar-refractivity contribution in [2.24, 2.45) is 11.1 Å². The Morgan fingerprint density at radius 3 is 1.60 bits per heavy atom. The van der Waals surface area contributed by atoms with E-state index in [9.17, 15) is 24.0 Å². The number of pyridine rings is 1. The molecule has 0 aliphatic carbocycles. The Hall–Kier alpha value is -7.52. The highest BCUT2D eigenvalue weighted by Gasteiger charge is 2.47. The van der Waals surface area contributed by atoms with E-state index in [0.717, 1.165) is 44.5 Å². The Morgan fingerprint density at radius 1 is 0.721 bits per heavy atom. The van der Waals surface area contributed by atoms with Crippen LogP contribution in [0.15, 0.2) is 152 Å². The van der Waals surface area contributed by atoms with E-state index in [1.165, 1.54) is 12.1 Å². The second kappa shape index (κ2) is 21.0. The fraction of sp³-hybridized carbons (Fsp3) is 0.304. The van der Waals surface area contributed by atoms with Crippen LogP contribution in [0.1, 0.15) is 94.1 Å². The molecule has 68 heavy (non-hydrogen) atoms. The summed E-state index contributed by atoms with van der Waals surface area (Å²) in [5.41, 5.74) is 10.8. The van der Waals surface area contributed by atoms with Crippen LogP contribution in [0.3, 0.4) is 0 Å².